The summed E-state index contributed by atoms with van der Waals surface area (Å²) in [6, 6.07) is 7.62. The number of anilines is 1. The standard InChI is InChI=1S/C16H25N3O2/c1-2-17-15-7-4-3-6-14(15)16(20)18-8-5-9-19-10-12-21-13-11-19/h3-4,6-7,17H,2,5,8-13H2,1H3,(H,18,20). The molecule has 0 spiro atoms. The molecule has 0 aromatic heterocycles. The van der Waals surface area contributed by atoms with Gasteiger partial charge in [-0.15, -0.1) is 0 Å². The Bertz CT molecular complexity index is 445. The van der Waals surface area contributed by atoms with Crippen LogP contribution in [0.15, 0.2) is 24.3 Å². The fraction of sp³-hybridized carbons (Fsp3) is 0.562. The first-order chi connectivity index (χ1) is 10.3. The van der Waals surface area contributed by atoms with Crippen LogP contribution in [0.5, 0.6) is 0 Å². The molecular formula is C16H25N3O2. The average Bonchev–Trinajstić information content (AvgIpc) is 2.53. The molecule has 1 heterocycles. The largest absolute Gasteiger partial charge is 0.385 e. The Kier molecular flexibility index (Phi) is 6.50. The van der Waals surface area contributed by atoms with E-state index >= 15 is 0 Å². The number of carbonyl (C=O) groups excluding carboxylic acids is 1. The van der Waals surface area contributed by atoms with Crippen LogP contribution in [0.4, 0.5) is 5.69 Å². The molecule has 0 saturated carbocycles. The quantitative estimate of drug-likeness (QED) is 0.749. The highest BCUT2D eigenvalue weighted by molar-refractivity contribution is 5.99. The lowest BCUT2D eigenvalue weighted by Gasteiger charge is -2.26. The van der Waals surface area contributed by atoms with Crippen molar-refractivity contribution in [3.05, 3.63) is 29.8 Å². The number of nitrogens with one attached hydrogen (secondary N) is 2. The highest BCUT2D eigenvalue weighted by atomic mass is 16.5. The number of amides is 1. The molecule has 5 nitrogen and oxygen atoms in total. The van der Waals surface area contributed by atoms with Crippen LogP contribution >= 0.6 is 0 Å². The minimum atomic E-state index is -0.00599. The zero-order valence-corrected chi connectivity index (χ0v) is 12.7. The number of nitrogens with zero attached hydrogens (tertiary/aromatic N) is 1. The summed E-state index contributed by atoms with van der Waals surface area (Å²) < 4.78 is 5.32. The minimum absolute atomic E-state index is 0.00599. The van der Waals surface area contributed by atoms with E-state index < -0.39 is 0 Å². The van der Waals surface area contributed by atoms with Crippen molar-refractivity contribution in [2.45, 2.75) is 13.3 Å². The van der Waals surface area contributed by atoms with E-state index in [9.17, 15) is 4.79 Å². The number of ether oxygens (including phenoxy) is 1. The third-order valence-electron chi connectivity index (χ3n) is 3.58. The number of para-hydroxylation sites is 1. The van der Waals surface area contributed by atoms with Gasteiger partial charge in [0.25, 0.3) is 5.91 Å². The van der Waals surface area contributed by atoms with E-state index in [1.165, 1.54) is 0 Å². The van der Waals surface area contributed by atoms with Crippen LogP contribution in [0.3, 0.4) is 0 Å². The highest BCUT2D eigenvalue weighted by Crippen LogP contribution is 2.14. The summed E-state index contributed by atoms with van der Waals surface area (Å²) in [7, 11) is 0. The lowest BCUT2D eigenvalue weighted by atomic mass is 10.1. The van der Waals surface area contributed by atoms with E-state index in [0.717, 1.165) is 51.5 Å². The molecule has 1 aliphatic heterocycles. The van der Waals surface area contributed by atoms with Crippen molar-refractivity contribution in [2.75, 3.05) is 51.3 Å². The monoisotopic (exact) mass is 291 g/mol. The molecule has 0 bridgehead atoms. The second kappa shape index (κ2) is 8.64. The summed E-state index contributed by atoms with van der Waals surface area (Å²) in [6.45, 7) is 8.19. The Balaban J connectivity index is 1.74. The topological polar surface area (TPSA) is 53.6 Å². The van der Waals surface area contributed by atoms with E-state index in [2.05, 4.69) is 15.5 Å². The molecule has 1 aromatic carbocycles. The summed E-state index contributed by atoms with van der Waals surface area (Å²) in [5.74, 6) is -0.00599. The van der Waals surface area contributed by atoms with Gasteiger partial charge < -0.3 is 15.4 Å². The van der Waals surface area contributed by atoms with Crippen molar-refractivity contribution in [3.8, 4) is 0 Å². The number of morpholine rings is 1. The van der Waals surface area contributed by atoms with Gasteiger partial charge in [-0.3, -0.25) is 9.69 Å². The SMILES string of the molecule is CCNc1ccccc1C(=O)NCCCN1CCOCC1. The van der Waals surface area contributed by atoms with Gasteiger partial charge in [0.1, 0.15) is 0 Å². The Hall–Kier alpha value is -1.59. The van der Waals surface area contributed by atoms with Crippen LogP contribution in [0.1, 0.15) is 23.7 Å². The van der Waals surface area contributed by atoms with Crippen LogP contribution in [0, 0.1) is 0 Å². The van der Waals surface area contributed by atoms with E-state index in [1.54, 1.807) is 0 Å². The van der Waals surface area contributed by atoms with Gasteiger partial charge in [0.2, 0.25) is 0 Å². The van der Waals surface area contributed by atoms with E-state index in [0.29, 0.717) is 12.1 Å². The van der Waals surface area contributed by atoms with Gasteiger partial charge in [0.15, 0.2) is 0 Å². The van der Waals surface area contributed by atoms with Gasteiger partial charge in [0.05, 0.1) is 18.8 Å². The number of hydrogen-bond acceptors (Lipinski definition) is 4. The average molecular weight is 291 g/mol. The Morgan fingerprint density at radius 3 is 2.81 bits per heavy atom. The summed E-state index contributed by atoms with van der Waals surface area (Å²) in [5, 5.41) is 6.22. The second-order valence-electron chi connectivity index (χ2n) is 5.14. The maximum absolute atomic E-state index is 12.2. The third kappa shape index (κ3) is 5.02. The molecule has 21 heavy (non-hydrogen) atoms. The molecule has 116 valence electrons. The summed E-state index contributed by atoms with van der Waals surface area (Å²) >= 11 is 0. The maximum Gasteiger partial charge on any atom is 0.253 e. The van der Waals surface area contributed by atoms with Gasteiger partial charge in [-0.2, -0.15) is 0 Å². The van der Waals surface area contributed by atoms with Crippen LogP contribution in [-0.2, 0) is 4.74 Å². The van der Waals surface area contributed by atoms with E-state index in [4.69, 9.17) is 4.74 Å². The first-order valence-corrected chi connectivity index (χ1v) is 7.72. The van der Waals surface area contributed by atoms with Crippen molar-refractivity contribution in [3.63, 3.8) is 0 Å². The van der Waals surface area contributed by atoms with Gasteiger partial charge in [-0.05, 0) is 32.0 Å². The molecule has 0 unspecified atom stereocenters. The molecular weight excluding hydrogens is 266 g/mol. The molecule has 0 radical (unpaired) electrons. The third-order valence-corrected chi connectivity index (χ3v) is 3.58. The number of hydrogen-bond donors (Lipinski definition) is 2. The van der Waals surface area contributed by atoms with Crippen molar-refractivity contribution in [1.82, 2.24) is 10.2 Å². The van der Waals surface area contributed by atoms with E-state index in [1.807, 2.05) is 31.2 Å². The Morgan fingerprint density at radius 1 is 1.29 bits per heavy atom. The molecule has 2 N–H and O–H groups in total. The van der Waals surface area contributed by atoms with Crippen LogP contribution < -0.4 is 10.6 Å². The molecule has 1 amide bonds. The fourth-order valence-corrected chi connectivity index (χ4v) is 2.45. The van der Waals surface area contributed by atoms with Crippen LogP contribution in [-0.4, -0.2) is 56.7 Å². The predicted octanol–water partition coefficient (Wildman–Crippen LogP) is 1.57. The number of rotatable bonds is 7. The predicted molar refractivity (Wildman–Crippen MR) is 84.8 cm³/mol. The molecule has 1 aromatic rings. The lowest BCUT2D eigenvalue weighted by Crippen LogP contribution is -2.38. The first kappa shape index (κ1) is 15.8. The Morgan fingerprint density at radius 2 is 2.05 bits per heavy atom. The van der Waals surface area contributed by atoms with Crippen molar-refractivity contribution in [2.24, 2.45) is 0 Å². The van der Waals surface area contributed by atoms with Gasteiger partial charge in [0, 0.05) is 31.9 Å². The summed E-state index contributed by atoms with van der Waals surface area (Å²) in [4.78, 5) is 14.6. The molecule has 2 rings (SSSR count). The zero-order valence-electron chi connectivity index (χ0n) is 12.7. The molecule has 0 atom stereocenters. The summed E-state index contributed by atoms with van der Waals surface area (Å²) in [5.41, 5.74) is 1.61. The van der Waals surface area contributed by atoms with Crippen molar-refractivity contribution >= 4 is 11.6 Å². The fourth-order valence-electron chi connectivity index (χ4n) is 2.45. The second-order valence-corrected chi connectivity index (χ2v) is 5.14. The molecule has 1 saturated heterocycles. The number of benzene rings is 1. The number of carbonyl (C=O) groups is 1. The summed E-state index contributed by atoms with van der Waals surface area (Å²) in [6.07, 6.45) is 0.967. The van der Waals surface area contributed by atoms with Gasteiger partial charge in [-0.25, -0.2) is 0 Å². The Labute approximate surface area is 126 Å². The first-order valence-electron chi connectivity index (χ1n) is 7.72. The zero-order chi connectivity index (χ0) is 14.9. The normalized spacial score (nSPS) is 15.7. The van der Waals surface area contributed by atoms with Crippen molar-refractivity contribution < 1.29 is 9.53 Å². The van der Waals surface area contributed by atoms with Gasteiger partial charge >= 0.3 is 0 Å². The van der Waals surface area contributed by atoms with Crippen molar-refractivity contribution in [1.29, 1.82) is 0 Å². The molecule has 1 fully saturated rings. The van der Waals surface area contributed by atoms with Crippen LogP contribution in [0.25, 0.3) is 0 Å². The molecule has 1 aliphatic rings. The van der Waals surface area contributed by atoms with E-state index in [-0.39, 0.29) is 5.91 Å². The maximum atomic E-state index is 12.2. The lowest BCUT2D eigenvalue weighted by molar-refractivity contribution is 0.0374. The molecule has 0 aliphatic carbocycles. The smallest absolute Gasteiger partial charge is 0.253 e. The molecule has 5 heteroatoms. The van der Waals surface area contributed by atoms with Crippen LogP contribution in [0.2, 0.25) is 0 Å². The highest BCUT2D eigenvalue weighted by Gasteiger charge is 2.11. The van der Waals surface area contributed by atoms with Gasteiger partial charge in [-0.1, -0.05) is 12.1 Å². The minimum Gasteiger partial charge on any atom is -0.385 e.